The lowest BCUT2D eigenvalue weighted by molar-refractivity contribution is 0.000747. The number of piperidine rings is 1. The molecule has 0 bridgehead atoms. The SMILES string of the molecule is CS(=O)(=O)NC1CCN(c2ccccn2)C[C@H]1COC1CCCCC1. The van der Waals surface area contributed by atoms with Crippen molar-refractivity contribution in [2.45, 2.75) is 50.7 Å². The molecule has 1 saturated heterocycles. The summed E-state index contributed by atoms with van der Waals surface area (Å²) in [5.41, 5.74) is 0. The van der Waals surface area contributed by atoms with Gasteiger partial charge in [-0.15, -0.1) is 0 Å². The van der Waals surface area contributed by atoms with E-state index in [0.29, 0.717) is 12.7 Å². The highest BCUT2D eigenvalue weighted by Gasteiger charge is 2.32. The zero-order valence-electron chi connectivity index (χ0n) is 14.9. The summed E-state index contributed by atoms with van der Waals surface area (Å²) in [7, 11) is -3.22. The van der Waals surface area contributed by atoms with E-state index in [9.17, 15) is 8.42 Å². The maximum atomic E-state index is 11.7. The molecule has 2 atom stereocenters. The Morgan fingerprint density at radius 1 is 1.24 bits per heavy atom. The fraction of sp³-hybridized carbons (Fsp3) is 0.722. The number of pyridine rings is 1. The van der Waals surface area contributed by atoms with Crippen LogP contribution in [0.1, 0.15) is 38.5 Å². The van der Waals surface area contributed by atoms with Gasteiger partial charge in [0.05, 0.1) is 19.0 Å². The van der Waals surface area contributed by atoms with Gasteiger partial charge >= 0.3 is 0 Å². The Bertz CT molecular complexity index is 632. The molecule has 140 valence electrons. The van der Waals surface area contributed by atoms with Crippen LogP contribution in [0.5, 0.6) is 0 Å². The van der Waals surface area contributed by atoms with Crippen LogP contribution < -0.4 is 9.62 Å². The van der Waals surface area contributed by atoms with Crippen molar-refractivity contribution in [1.29, 1.82) is 0 Å². The number of hydrogen-bond donors (Lipinski definition) is 1. The van der Waals surface area contributed by atoms with Crippen molar-refractivity contribution >= 4 is 15.8 Å². The quantitative estimate of drug-likeness (QED) is 0.834. The molecule has 0 aromatic carbocycles. The summed E-state index contributed by atoms with van der Waals surface area (Å²) in [6.45, 7) is 2.15. The van der Waals surface area contributed by atoms with Crippen LogP contribution >= 0.6 is 0 Å². The molecular formula is C18H29N3O3S. The van der Waals surface area contributed by atoms with Gasteiger partial charge in [-0.2, -0.15) is 0 Å². The minimum Gasteiger partial charge on any atom is -0.378 e. The fourth-order valence-electron chi connectivity index (χ4n) is 3.87. The maximum absolute atomic E-state index is 11.7. The number of hydrogen-bond acceptors (Lipinski definition) is 5. The Kier molecular flexibility index (Phi) is 6.30. The molecule has 1 saturated carbocycles. The number of rotatable bonds is 6. The van der Waals surface area contributed by atoms with Gasteiger partial charge < -0.3 is 9.64 Å². The number of nitrogens with zero attached hydrogens (tertiary/aromatic N) is 2. The predicted molar refractivity (Wildman–Crippen MR) is 99.1 cm³/mol. The monoisotopic (exact) mass is 367 g/mol. The third kappa shape index (κ3) is 5.66. The van der Waals surface area contributed by atoms with E-state index in [1.807, 2.05) is 18.2 Å². The minimum absolute atomic E-state index is 0.0708. The van der Waals surface area contributed by atoms with Crippen LogP contribution in [0.15, 0.2) is 24.4 Å². The van der Waals surface area contributed by atoms with Gasteiger partial charge in [-0.3, -0.25) is 0 Å². The van der Waals surface area contributed by atoms with Gasteiger partial charge in [0.15, 0.2) is 0 Å². The molecule has 2 aliphatic rings. The standard InChI is InChI=1S/C18H29N3O3S/c1-25(22,23)20-17-10-12-21(18-9-5-6-11-19-18)13-15(17)14-24-16-7-3-2-4-8-16/h5-6,9,11,15-17,20H,2-4,7-8,10,12-14H2,1H3/t15-,17?/m0/s1. The Balaban J connectivity index is 1.65. The van der Waals surface area contributed by atoms with Gasteiger partial charge in [-0.1, -0.05) is 25.3 Å². The van der Waals surface area contributed by atoms with E-state index in [1.54, 1.807) is 6.20 Å². The highest BCUT2D eigenvalue weighted by molar-refractivity contribution is 7.88. The molecule has 1 unspecified atom stereocenters. The molecule has 2 heterocycles. The summed E-state index contributed by atoms with van der Waals surface area (Å²) >= 11 is 0. The average molecular weight is 368 g/mol. The summed E-state index contributed by atoms with van der Waals surface area (Å²) in [6, 6.07) is 5.82. The largest absolute Gasteiger partial charge is 0.378 e. The topological polar surface area (TPSA) is 71.5 Å². The molecule has 7 heteroatoms. The molecule has 0 radical (unpaired) electrons. The van der Waals surface area contributed by atoms with E-state index in [4.69, 9.17) is 4.74 Å². The normalized spacial score (nSPS) is 25.9. The van der Waals surface area contributed by atoms with Gasteiger partial charge in [0.25, 0.3) is 0 Å². The van der Waals surface area contributed by atoms with Crippen LogP contribution in [0.4, 0.5) is 5.82 Å². The summed E-state index contributed by atoms with van der Waals surface area (Å²) < 4.78 is 32.4. The van der Waals surface area contributed by atoms with Gasteiger partial charge in [-0.25, -0.2) is 18.1 Å². The zero-order chi connectivity index (χ0) is 17.7. The van der Waals surface area contributed by atoms with Crippen molar-refractivity contribution in [1.82, 2.24) is 9.71 Å². The number of sulfonamides is 1. The van der Waals surface area contributed by atoms with E-state index < -0.39 is 10.0 Å². The molecule has 1 aliphatic carbocycles. The minimum atomic E-state index is -3.22. The van der Waals surface area contributed by atoms with Gasteiger partial charge in [0, 0.05) is 31.2 Å². The van der Waals surface area contributed by atoms with Crippen molar-refractivity contribution in [2.24, 2.45) is 5.92 Å². The average Bonchev–Trinajstić information content (AvgIpc) is 2.61. The van der Waals surface area contributed by atoms with Gasteiger partial charge in [0.1, 0.15) is 5.82 Å². The smallest absolute Gasteiger partial charge is 0.208 e. The van der Waals surface area contributed by atoms with E-state index >= 15 is 0 Å². The number of ether oxygens (including phenoxy) is 1. The highest BCUT2D eigenvalue weighted by atomic mass is 32.2. The molecule has 0 amide bonds. The lowest BCUT2D eigenvalue weighted by Crippen LogP contribution is -2.52. The first-order chi connectivity index (χ1) is 12.0. The van der Waals surface area contributed by atoms with E-state index in [2.05, 4.69) is 14.6 Å². The number of nitrogens with one attached hydrogen (secondary N) is 1. The van der Waals surface area contributed by atoms with Crippen LogP contribution in [0, 0.1) is 5.92 Å². The van der Waals surface area contributed by atoms with Crippen molar-refractivity contribution in [3.8, 4) is 0 Å². The molecule has 1 aromatic heterocycles. The molecule has 0 spiro atoms. The van der Waals surface area contributed by atoms with Crippen LogP contribution in [-0.2, 0) is 14.8 Å². The second-order valence-electron chi connectivity index (χ2n) is 7.27. The lowest BCUT2D eigenvalue weighted by Gasteiger charge is -2.39. The molecular weight excluding hydrogens is 338 g/mol. The summed E-state index contributed by atoms with van der Waals surface area (Å²) in [4.78, 5) is 6.66. The molecule has 2 fully saturated rings. The third-order valence-corrected chi connectivity index (χ3v) is 5.90. The summed E-state index contributed by atoms with van der Waals surface area (Å²) in [5.74, 6) is 1.08. The first kappa shape index (κ1) is 18.6. The second-order valence-corrected chi connectivity index (χ2v) is 9.05. The number of anilines is 1. The van der Waals surface area contributed by atoms with Gasteiger partial charge in [-0.05, 0) is 31.4 Å². The Morgan fingerprint density at radius 2 is 2.04 bits per heavy atom. The lowest BCUT2D eigenvalue weighted by atomic mass is 9.93. The van der Waals surface area contributed by atoms with Crippen molar-refractivity contribution in [2.75, 3.05) is 30.9 Å². The third-order valence-electron chi connectivity index (χ3n) is 5.17. The zero-order valence-corrected chi connectivity index (χ0v) is 15.7. The van der Waals surface area contributed by atoms with Gasteiger partial charge in [0.2, 0.25) is 10.0 Å². The summed E-state index contributed by atoms with van der Waals surface area (Å²) in [5, 5.41) is 0. The van der Waals surface area contributed by atoms with E-state index in [1.165, 1.54) is 25.5 Å². The highest BCUT2D eigenvalue weighted by Crippen LogP contribution is 2.25. The van der Waals surface area contributed by atoms with Crippen LogP contribution in [0.2, 0.25) is 0 Å². The van der Waals surface area contributed by atoms with Crippen molar-refractivity contribution in [3.63, 3.8) is 0 Å². The van der Waals surface area contributed by atoms with Crippen molar-refractivity contribution in [3.05, 3.63) is 24.4 Å². The summed E-state index contributed by atoms with van der Waals surface area (Å²) in [6.07, 6.45) is 10.2. The Labute approximate surface area is 151 Å². The van der Waals surface area contributed by atoms with Crippen LogP contribution in [0.25, 0.3) is 0 Å². The first-order valence-electron chi connectivity index (χ1n) is 9.26. The molecule has 1 aromatic rings. The molecule has 25 heavy (non-hydrogen) atoms. The molecule has 1 N–H and O–H groups in total. The first-order valence-corrected chi connectivity index (χ1v) is 11.2. The second kappa shape index (κ2) is 8.47. The molecule has 1 aliphatic heterocycles. The van der Waals surface area contributed by atoms with E-state index in [0.717, 1.165) is 38.2 Å². The van der Waals surface area contributed by atoms with E-state index in [-0.39, 0.29) is 12.0 Å². The van der Waals surface area contributed by atoms with Crippen LogP contribution in [-0.4, -0.2) is 51.5 Å². The molecule has 6 nitrogen and oxygen atoms in total. The Morgan fingerprint density at radius 3 is 2.72 bits per heavy atom. The molecule has 3 rings (SSSR count). The van der Waals surface area contributed by atoms with Crippen molar-refractivity contribution < 1.29 is 13.2 Å². The Hall–Kier alpha value is -1.18. The number of aromatic nitrogens is 1. The van der Waals surface area contributed by atoms with Crippen LogP contribution in [0.3, 0.4) is 0 Å². The maximum Gasteiger partial charge on any atom is 0.208 e. The predicted octanol–water partition coefficient (Wildman–Crippen LogP) is 2.17. The fourth-order valence-corrected chi connectivity index (χ4v) is 4.73.